The van der Waals surface area contributed by atoms with Crippen LogP contribution in [0.4, 0.5) is 4.79 Å². The first-order valence-electron chi connectivity index (χ1n) is 5.79. The first-order chi connectivity index (χ1) is 8.02. The number of nitrogens with one attached hydrogen (secondary N) is 2. The van der Waals surface area contributed by atoms with Crippen molar-refractivity contribution in [2.24, 2.45) is 5.92 Å². The van der Waals surface area contributed by atoms with Gasteiger partial charge in [-0.15, -0.1) is 6.42 Å². The van der Waals surface area contributed by atoms with Crippen LogP contribution in [0.25, 0.3) is 0 Å². The SMILES string of the molecule is C#CC(C)NC(=O)NC1CCC(C(=O)O)CC1. The normalized spacial score (nSPS) is 25.4. The van der Waals surface area contributed by atoms with Crippen LogP contribution in [-0.2, 0) is 4.79 Å². The van der Waals surface area contributed by atoms with Crippen LogP contribution in [0.15, 0.2) is 0 Å². The zero-order chi connectivity index (χ0) is 12.8. The maximum atomic E-state index is 11.5. The second kappa shape index (κ2) is 6.14. The third-order valence-corrected chi connectivity index (χ3v) is 3.01. The van der Waals surface area contributed by atoms with E-state index in [0.717, 1.165) is 0 Å². The summed E-state index contributed by atoms with van der Waals surface area (Å²) in [5.41, 5.74) is 0. The lowest BCUT2D eigenvalue weighted by Crippen LogP contribution is -2.46. The number of carboxylic acid groups (broad SMARTS) is 1. The van der Waals surface area contributed by atoms with Gasteiger partial charge in [-0.05, 0) is 32.6 Å². The molecule has 1 rings (SSSR count). The summed E-state index contributed by atoms with van der Waals surface area (Å²) in [6.07, 6.45) is 7.79. The molecule has 0 bridgehead atoms. The molecule has 2 amide bonds. The van der Waals surface area contributed by atoms with Gasteiger partial charge in [0.05, 0.1) is 12.0 Å². The van der Waals surface area contributed by atoms with Gasteiger partial charge in [-0.25, -0.2) is 4.79 Å². The first kappa shape index (κ1) is 13.4. The summed E-state index contributed by atoms with van der Waals surface area (Å²) in [5, 5.41) is 14.2. The summed E-state index contributed by atoms with van der Waals surface area (Å²) in [6, 6.07) is -0.532. The lowest BCUT2D eigenvalue weighted by Gasteiger charge is -2.27. The smallest absolute Gasteiger partial charge is 0.315 e. The van der Waals surface area contributed by atoms with Crippen molar-refractivity contribution in [1.29, 1.82) is 0 Å². The molecule has 0 radical (unpaired) electrons. The predicted octanol–water partition coefficient (Wildman–Crippen LogP) is 0.951. The van der Waals surface area contributed by atoms with E-state index in [1.165, 1.54) is 0 Å². The number of carbonyl (C=O) groups is 2. The molecule has 1 aliphatic rings. The van der Waals surface area contributed by atoms with E-state index in [0.29, 0.717) is 25.7 Å². The first-order valence-corrected chi connectivity index (χ1v) is 5.79. The van der Waals surface area contributed by atoms with Gasteiger partial charge in [0, 0.05) is 6.04 Å². The molecule has 1 unspecified atom stereocenters. The van der Waals surface area contributed by atoms with Crippen LogP contribution >= 0.6 is 0 Å². The molecule has 1 aliphatic carbocycles. The Morgan fingerprint density at radius 1 is 1.35 bits per heavy atom. The molecular formula is C12H18N2O3. The van der Waals surface area contributed by atoms with Crippen LogP contribution in [0, 0.1) is 18.3 Å². The standard InChI is InChI=1S/C12H18N2O3/c1-3-8(2)13-12(17)14-10-6-4-9(5-7-10)11(15)16/h1,8-10H,4-7H2,2H3,(H,15,16)(H2,13,14,17). The molecule has 94 valence electrons. The summed E-state index contributed by atoms with van der Waals surface area (Å²) in [6.45, 7) is 1.72. The fraction of sp³-hybridized carbons (Fsp3) is 0.667. The van der Waals surface area contributed by atoms with E-state index < -0.39 is 5.97 Å². The Hall–Kier alpha value is -1.70. The molecule has 0 aromatic heterocycles. The highest BCUT2D eigenvalue weighted by molar-refractivity contribution is 5.75. The molecule has 0 aromatic carbocycles. The van der Waals surface area contributed by atoms with E-state index in [-0.39, 0.29) is 24.0 Å². The van der Waals surface area contributed by atoms with Gasteiger partial charge in [0.1, 0.15) is 0 Å². The summed E-state index contributed by atoms with van der Waals surface area (Å²) in [5.74, 6) is 1.40. The van der Waals surface area contributed by atoms with Crippen molar-refractivity contribution in [3.8, 4) is 12.3 Å². The Bertz CT molecular complexity index is 327. The summed E-state index contributed by atoms with van der Waals surface area (Å²) in [7, 11) is 0. The van der Waals surface area contributed by atoms with Gasteiger partial charge in [-0.2, -0.15) is 0 Å². The third kappa shape index (κ3) is 4.35. The van der Waals surface area contributed by atoms with E-state index in [1.54, 1.807) is 6.92 Å². The van der Waals surface area contributed by atoms with Gasteiger partial charge >= 0.3 is 12.0 Å². The van der Waals surface area contributed by atoms with Gasteiger partial charge in [0.2, 0.25) is 0 Å². The van der Waals surface area contributed by atoms with Crippen LogP contribution in [0.1, 0.15) is 32.6 Å². The number of urea groups is 1. The Morgan fingerprint density at radius 3 is 2.41 bits per heavy atom. The molecule has 0 aliphatic heterocycles. The molecule has 0 spiro atoms. The molecule has 0 aromatic rings. The zero-order valence-corrected chi connectivity index (χ0v) is 9.90. The third-order valence-electron chi connectivity index (χ3n) is 3.01. The highest BCUT2D eigenvalue weighted by atomic mass is 16.4. The van der Waals surface area contributed by atoms with Gasteiger partial charge in [0.15, 0.2) is 0 Å². The fourth-order valence-electron chi connectivity index (χ4n) is 1.95. The van der Waals surface area contributed by atoms with Crippen LogP contribution in [0.2, 0.25) is 0 Å². The van der Waals surface area contributed by atoms with Crippen molar-refractivity contribution < 1.29 is 14.7 Å². The predicted molar refractivity (Wildman–Crippen MR) is 63.3 cm³/mol. The van der Waals surface area contributed by atoms with E-state index in [2.05, 4.69) is 16.6 Å². The zero-order valence-electron chi connectivity index (χ0n) is 9.90. The van der Waals surface area contributed by atoms with Gasteiger partial charge in [-0.1, -0.05) is 5.92 Å². The van der Waals surface area contributed by atoms with Gasteiger partial charge < -0.3 is 15.7 Å². The number of carboxylic acids is 1. The maximum absolute atomic E-state index is 11.5. The molecule has 5 nitrogen and oxygen atoms in total. The lowest BCUT2D eigenvalue weighted by atomic mass is 9.86. The van der Waals surface area contributed by atoms with Gasteiger partial charge in [-0.3, -0.25) is 4.79 Å². The topological polar surface area (TPSA) is 78.4 Å². The van der Waals surface area contributed by atoms with Crippen molar-refractivity contribution >= 4 is 12.0 Å². The number of terminal acetylenes is 1. The van der Waals surface area contributed by atoms with E-state index in [9.17, 15) is 9.59 Å². The van der Waals surface area contributed by atoms with Crippen molar-refractivity contribution in [1.82, 2.24) is 10.6 Å². The highest BCUT2D eigenvalue weighted by Gasteiger charge is 2.26. The number of hydrogen-bond donors (Lipinski definition) is 3. The van der Waals surface area contributed by atoms with E-state index >= 15 is 0 Å². The number of aliphatic carboxylic acids is 1. The summed E-state index contributed by atoms with van der Waals surface area (Å²) < 4.78 is 0. The lowest BCUT2D eigenvalue weighted by molar-refractivity contribution is -0.142. The molecular weight excluding hydrogens is 220 g/mol. The van der Waals surface area contributed by atoms with E-state index in [4.69, 9.17) is 11.5 Å². The second-order valence-corrected chi connectivity index (χ2v) is 4.39. The Labute approximate surface area is 101 Å². The largest absolute Gasteiger partial charge is 0.481 e. The fourth-order valence-corrected chi connectivity index (χ4v) is 1.95. The Balaban J connectivity index is 2.29. The minimum absolute atomic E-state index is 0.0515. The quantitative estimate of drug-likeness (QED) is 0.640. The van der Waals surface area contributed by atoms with Crippen molar-refractivity contribution in [3.05, 3.63) is 0 Å². The molecule has 17 heavy (non-hydrogen) atoms. The monoisotopic (exact) mass is 238 g/mol. The maximum Gasteiger partial charge on any atom is 0.315 e. The molecule has 1 atom stereocenters. The molecule has 0 saturated heterocycles. The molecule has 1 saturated carbocycles. The average Bonchev–Trinajstić information content (AvgIpc) is 2.29. The van der Waals surface area contributed by atoms with Crippen molar-refractivity contribution in [2.45, 2.75) is 44.7 Å². The average molecular weight is 238 g/mol. The second-order valence-electron chi connectivity index (χ2n) is 4.39. The van der Waals surface area contributed by atoms with Crippen molar-refractivity contribution in [2.75, 3.05) is 0 Å². The molecule has 3 N–H and O–H groups in total. The Kier molecular flexibility index (Phi) is 4.83. The minimum atomic E-state index is -0.742. The van der Waals surface area contributed by atoms with E-state index in [1.807, 2.05) is 0 Å². The molecule has 1 fully saturated rings. The highest BCUT2D eigenvalue weighted by Crippen LogP contribution is 2.24. The van der Waals surface area contributed by atoms with Gasteiger partial charge in [0.25, 0.3) is 0 Å². The summed E-state index contributed by atoms with van der Waals surface area (Å²) in [4.78, 5) is 22.2. The van der Waals surface area contributed by atoms with Crippen LogP contribution in [-0.4, -0.2) is 29.2 Å². The Morgan fingerprint density at radius 2 is 1.94 bits per heavy atom. The van der Waals surface area contributed by atoms with Crippen LogP contribution < -0.4 is 10.6 Å². The summed E-state index contributed by atoms with van der Waals surface area (Å²) >= 11 is 0. The van der Waals surface area contributed by atoms with Crippen molar-refractivity contribution in [3.63, 3.8) is 0 Å². The number of rotatable bonds is 3. The minimum Gasteiger partial charge on any atom is -0.481 e. The number of hydrogen-bond acceptors (Lipinski definition) is 2. The van der Waals surface area contributed by atoms with Crippen LogP contribution in [0.5, 0.6) is 0 Å². The number of amides is 2. The molecule has 0 heterocycles. The molecule has 5 heteroatoms. The van der Waals surface area contributed by atoms with Crippen LogP contribution in [0.3, 0.4) is 0 Å². The number of carbonyl (C=O) groups excluding carboxylic acids is 1.